The quantitative estimate of drug-likeness (QED) is 0.526. The molecule has 3 aromatic rings. The lowest BCUT2D eigenvalue weighted by atomic mass is 10.1. The van der Waals surface area contributed by atoms with Crippen LogP contribution in [0, 0.1) is 6.92 Å². The van der Waals surface area contributed by atoms with Crippen LogP contribution in [0.15, 0.2) is 41.2 Å². The number of aromatic nitrogens is 2. The van der Waals surface area contributed by atoms with E-state index in [-0.39, 0.29) is 5.56 Å². The van der Waals surface area contributed by atoms with Crippen molar-refractivity contribution in [3.63, 3.8) is 0 Å². The summed E-state index contributed by atoms with van der Waals surface area (Å²) in [5.41, 5.74) is 5.46. The summed E-state index contributed by atoms with van der Waals surface area (Å²) in [7, 11) is 0. The topological polar surface area (TPSA) is 93.1 Å². The molecule has 0 radical (unpaired) electrons. The molecule has 3 heterocycles. The van der Waals surface area contributed by atoms with Gasteiger partial charge in [0.05, 0.1) is 10.9 Å². The van der Waals surface area contributed by atoms with E-state index in [0.717, 1.165) is 28.4 Å². The third-order valence-electron chi connectivity index (χ3n) is 4.54. The summed E-state index contributed by atoms with van der Waals surface area (Å²) in [6.07, 6.45) is 4.70. The fraction of sp³-hybridized carbons (Fsp3) is 0.200. The Morgan fingerprint density at radius 2 is 2.07 bits per heavy atom. The van der Waals surface area contributed by atoms with Crippen molar-refractivity contribution in [3.05, 3.63) is 67.9 Å². The molecule has 0 unspecified atom stereocenters. The number of aryl methyl sites for hydroxylation is 2. The Hall–Kier alpha value is -3.26. The maximum absolute atomic E-state index is 12.5. The summed E-state index contributed by atoms with van der Waals surface area (Å²) in [4.78, 5) is 43.3. The molecule has 7 nitrogen and oxygen atoms in total. The lowest BCUT2D eigenvalue weighted by Crippen LogP contribution is -2.40. The van der Waals surface area contributed by atoms with Crippen molar-refractivity contribution >= 4 is 40.1 Å². The number of carbonyl (C=O) groups is 2. The van der Waals surface area contributed by atoms with Gasteiger partial charge in [0.15, 0.2) is 0 Å². The number of fused-ring (bicyclic) bond motifs is 2. The molecule has 0 atom stereocenters. The first-order valence-corrected chi connectivity index (χ1v) is 9.71. The molecule has 142 valence electrons. The van der Waals surface area contributed by atoms with Gasteiger partial charge in [-0.25, -0.2) is 4.98 Å². The SMILES string of the molecule is Cc1ccc(/C=C/C(=O)NNC(=O)c2ccc3c(=O)n4c(nc3c2)CCC4)s1. The van der Waals surface area contributed by atoms with Crippen molar-refractivity contribution in [2.75, 3.05) is 0 Å². The molecule has 1 aliphatic rings. The Labute approximate surface area is 164 Å². The molecule has 8 heteroatoms. The van der Waals surface area contributed by atoms with Crippen molar-refractivity contribution in [2.24, 2.45) is 0 Å². The smallest absolute Gasteiger partial charge is 0.269 e. The summed E-state index contributed by atoms with van der Waals surface area (Å²) in [6, 6.07) is 8.62. The maximum Gasteiger partial charge on any atom is 0.269 e. The van der Waals surface area contributed by atoms with E-state index in [1.54, 1.807) is 40.2 Å². The first kappa shape index (κ1) is 18.1. The van der Waals surface area contributed by atoms with Crippen LogP contribution in [0.4, 0.5) is 0 Å². The molecule has 0 saturated carbocycles. The van der Waals surface area contributed by atoms with Gasteiger partial charge in [-0.1, -0.05) is 0 Å². The first-order valence-electron chi connectivity index (χ1n) is 8.89. The Morgan fingerprint density at radius 1 is 1.21 bits per heavy atom. The van der Waals surface area contributed by atoms with E-state index in [1.807, 2.05) is 19.1 Å². The van der Waals surface area contributed by atoms with Crippen LogP contribution in [0.1, 0.15) is 32.4 Å². The number of carbonyl (C=O) groups excluding carboxylic acids is 2. The molecular formula is C20H18N4O3S. The van der Waals surface area contributed by atoms with Crippen molar-refractivity contribution in [2.45, 2.75) is 26.3 Å². The Kier molecular flexibility index (Phi) is 4.79. The number of hydrogen-bond donors (Lipinski definition) is 2. The number of hydrazine groups is 1. The zero-order chi connectivity index (χ0) is 19.7. The van der Waals surface area contributed by atoms with Crippen molar-refractivity contribution < 1.29 is 9.59 Å². The van der Waals surface area contributed by atoms with E-state index >= 15 is 0 Å². The van der Waals surface area contributed by atoms with Gasteiger partial charge < -0.3 is 0 Å². The predicted octanol–water partition coefficient (Wildman–Crippen LogP) is 2.19. The molecule has 4 rings (SSSR count). The molecule has 0 fully saturated rings. The van der Waals surface area contributed by atoms with E-state index in [9.17, 15) is 14.4 Å². The highest BCUT2D eigenvalue weighted by atomic mass is 32.1. The largest absolute Gasteiger partial charge is 0.296 e. The number of hydrogen-bond acceptors (Lipinski definition) is 5. The Balaban J connectivity index is 1.45. The number of rotatable bonds is 3. The minimum absolute atomic E-state index is 0.0771. The van der Waals surface area contributed by atoms with Gasteiger partial charge in [-0.15, -0.1) is 11.3 Å². The van der Waals surface area contributed by atoms with E-state index < -0.39 is 11.8 Å². The molecule has 2 amide bonds. The van der Waals surface area contributed by atoms with Crippen LogP contribution in [-0.2, 0) is 17.8 Å². The highest BCUT2D eigenvalue weighted by molar-refractivity contribution is 7.12. The van der Waals surface area contributed by atoms with Crippen molar-refractivity contribution in [1.82, 2.24) is 20.4 Å². The fourth-order valence-corrected chi connectivity index (χ4v) is 3.94. The van der Waals surface area contributed by atoms with Gasteiger partial charge in [0.2, 0.25) is 0 Å². The molecule has 28 heavy (non-hydrogen) atoms. The average molecular weight is 394 g/mol. The normalized spacial score (nSPS) is 13.0. The minimum atomic E-state index is -0.474. The minimum Gasteiger partial charge on any atom is -0.296 e. The molecule has 2 N–H and O–H groups in total. The molecule has 0 bridgehead atoms. The van der Waals surface area contributed by atoms with Gasteiger partial charge in [-0.3, -0.25) is 29.8 Å². The van der Waals surface area contributed by atoms with Crippen molar-refractivity contribution in [1.29, 1.82) is 0 Å². The van der Waals surface area contributed by atoms with Gasteiger partial charge in [-0.05, 0) is 49.8 Å². The van der Waals surface area contributed by atoms with Crippen LogP contribution in [-0.4, -0.2) is 21.4 Å². The standard InChI is InChI=1S/C20H18N4O3S/c1-12-4-6-14(28-12)7-9-18(25)22-23-19(26)13-5-8-15-16(11-13)21-17-3-2-10-24(17)20(15)27/h4-9,11H,2-3,10H2,1H3,(H,22,25)(H,23,26)/b9-7+. The van der Waals surface area contributed by atoms with E-state index in [1.165, 1.54) is 6.08 Å². The Morgan fingerprint density at radius 3 is 2.86 bits per heavy atom. The second-order valence-electron chi connectivity index (χ2n) is 6.55. The molecule has 1 aliphatic heterocycles. The lowest BCUT2D eigenvalue weighted by Gasteiger charge is -2.08. The van der Waals surface area contributed by atoms with E-state index in [0.29, 0.717) is 23.0 Å². The Bertz CT molecular complexity index is 1180. The van der Waals surface area contributed by atoms with Crippen LogP contribution in [0.25, 0.3) is 17.0 Å². The van der Waals surface area contributed by atoms with Gasteiger partial charge >= 0.3 is 0 Å². The number of benzene rings is 1. The highest BCUT2D eigenvalue weighted by Crippen LogP contribution is 2.17. The summed E-state index contributed by atoms with van der Waals surface area (Å²) < 4.78 is 1.68. The molecule has 0 aliphatic carbocycles. The maximum atomic E-state index is 12.5. The summed E-state index contributed by atoms with van der Waals surface area (Å²) in [6.45, 7) is 2.67. The predicted molar refractivity (Wildman–Crippen MR) is 108 cm³/mol. The molecule has 0 spiro atoms. The fourth-order valence-electron chi connectivity index (χ4n) is 3.16. The summed E-state index contributed by atoms with van der Waals surface area (Å²) in [5, 5.41) is 0.486. The van der Waals surface area contributed by atoms with Crippen LogP contribution in [0.2, 0.25) is 0 Å². The second-order valence-corrected chi connectivity index (χ2v) is 7.86. The number of nitrogens with one attached hydrogen (secondary N) is 2. The molecule has 1 aromatic carbocycles. The third-order valence-corrected chi connectivity index (χ3v) is 5.50. The summed E-state index contributed by atoms with van der Waals surface area (Å²) >= 11 is 1.57. The van der Waals surface area contributed by atoms with Crippen LogP contribution >= 0.6 is 11.3 Å². The number of nitrogens with zero attached hydrogens (tertiary/aromatic N) is 2. The van der Waals surface area contributed by atoms with Crippen molar-refractivity contribution in [3.8, 4) is 0 Å². The third kappa shape index (κ3) is 3.59. The zero-order valence-electron chi connectivity index (χ0n) is 15.2. The van der Waals surface area contributed by atoms with Crippen LogP contribution in [0.5, 0.6) is 0 Å². The van der Waals surface area contributed by atoms with Gasteiger partial charge in [-0.2, -0.15) is 0 Å². The van der Waals surface area contributed by atoms with Gasteiger partial charge in [0.1, 0.15) is 5.82 Å². The van der Waals surface area contributed by atoms with E-state index in [2.05, 4.69) is 15.8 Å². The van der Waals surface area contributed by atoms with Crippen LogP contribution < -0.4 is 16.4 Å². The van der Waals surface area contributed by atoms with Crippen LogP contribution in [0.3, 0.4) is 0 Å². The molecular weight excluding hydrogens is 376 g/mol. The monoisotopic (exact) mass is 394 g/mol. The van der Waals surface area contributed by atoms with E-state index in [4.69, 9.17) is 0 Å². The van der Waals surface area contributed by atoms with Gasteiger partial charge in [0, 0.05) is 34.4 Å². The first-order chi connectivity index (χ1) is 13.5. The van der Waals surface area contributed by atoms with Gasteiger partial charge in [0.25, 0.3) is 17.4 Å². The average Bonchev–Trinajstić information content (AvgIpc) is 3.33. The molecule has 0 saturated heterocycles. The number of thiophene rings is 1. The second kappa shape index (κ2) is 7.40. The lowest BCUT2D eigenvalue weighted by molar-refractivity contribution is -0.117. The highest BCUT2D eigenvalue weighted by Gasteiger charge is 2.17. The molecule has 2 aromatic heterocycles. The zero-order valence-corrected chi connectivity index (χ0v) is 16.0. The number of amides is 2. The summed E-state index contributed by atoms with van der Waals surface area (Å²) in [5.74, 6) is -0.162.